The molecule has 3 aromatic heterocycles. The third-order valence-corrected chi connectivity index (χ3v) is 7.14. The van der Waals surface area contributed by atoms with E-state index in [4.69, 9.17) is 9.47 Å². The molecule has 30 heavy (non-hydrogen) atoms. The van der Waals surface area contributed by atoms with Gasteiger partial charge in [-0.05, 0) is 23.9 Å². The quantitative estimate of drug-likeness (QED) is 0.417. The number of carbonyl (C=O) groups excluding carboxylic acids is 3. The van der Waals surface area contributed by atoms with Crippen LogP contribution in [0.15, 0.2) is 22.7 Å². The van der Waals surface area contributed by atoms with Gasteiger partial charge in [0.25, 0.3) is 0 Å². The van der Waals surface area contributed by atoms with Gasteiger partial charge >= 0.3 is 11.9 Å². The number of rotatable bonds is 7. The third kappa shape index (κ3) is 4.40. The number of hydrogen-bond acceptors (Lipinski definition) is 10. The van der Waals surface area contributed by atoms with Gasteiger partial charge in [-0.3, -0.25) is 4.79 Å². The van der Waals surface area contributed by atoms with Crippen LogP contribution in [0.5, 0.6) is 0 Å². The molecule has 0 unspecified atom stereocenters. The van der Waals surface area contributed by atoms with E-state index in [9.17, 15) is 14.4 Å². The second kappa shape index (κ2) is 9.41. The molecule has 0 saturated carbocycles. The van der Waals surface area contributed by atoms with Crippen LogP contribution in [-0.2, 0) is 21.3 Å². The van der Waals surface area contributed by atoms with Crippen LogP contribution < -0.4 is 5.32 Å². The lowest BCUT2D eigenvalue weighted by atomic mass is 10.1. The fourth-order valence-corrected chi connectivity index (χ4v) is 5.17. The molecule has 0 aliphatic heterocycles. The maximum absolute atomic E-state index is 12.5. The molecule has 3 rings (SSSR count). The number of nitrogens with one attached hydrogen (secondary N) is 1. The summed E-state index contributed by atoms with van der Waals surface area (Å²) < 4.78 is 11.3. The number of hydrogen-bond donors (Lipinski definition) is 1. The summed E-state index contributed by atoms with van der Waals surface area (Å²) in [6, 6.07) is 3.88. The summed E-state index contributed by atoms with van der Waals surface area (Å²) in [7, 11) is 4.31. The highest BCUT2D eigenvalue weighted by molar-refractivity contribution is 7.99. The third-order valence-electron chi connectivity index (χ3n) is 4.07. The Morgan fingerprint density at radius 3 is 2.57 bits per heavy atom. The molecule has 0 fully saturated rings. The number of amides is 1. The average molecular weight is 467 g/mol. The zero-order valence-corrected chi connectivity index (χ0v) is 19.0. The first kappa shape index (κ1) is 22.0. The van der Waals surface area contributed by atoms with Gasteiger partial charge in [0.05, 0.1) is 30.4 Å². The lowest BCUT2D eigenvalue weighted by molar-refractivity contribution is -0.113. The summed E-state index contributed by atoms with van der Waals surface area (Å²) in [6.07, 6.45) is 0. The Labute approximate surface area is 184 Å². The molecular weight excluding hydrogens is 448 g/mol. The van der Waals surface area contributed by atoms with Crippen LogP contribution in [0.25, 0.3) is 10.7 Å². The first-order chi connectivity index (χ1) is 14.4. The minimum atomic E-state index is -0.643. The van der Waals surface area contributed by atoms with Crippen molar-refractivity contribution in [2.45, 2.75) is 12.1 Å². The highest BCUT2D eigenvalue weighted by Crippen LogP contribution is 2.34. The molecule has 9 nitrogen and oxygen atoms in total. The van der Waals surface area contributed by atoms with Gasteiger partial charge in [0.15, 0.2) is 11.0 Å². The van der Waals surface area contributed by atoms with E-state index >= 15 is 0 Å². The van der Waals surface area contributed by atoms with Crippen LogP contribution in [0.1, 0.15) is 25.6 Å². The van der Waals surface area contributed by atoms with E-state index in [0.29, 0.717) is 10.7 Å². The fourth-order valence-electron chi connectivity index (χ4n) is 2.59. The number of thioether (sulfide) groups is 1. The molecule has 0 radical (unpaired) electrons. The molecular formula is C18H18N4O5S3. The molecule has 3 aromatic rings. The van der Waals surface area contributed by atoms with E-state index in [0.717, 1.165) is 22.0 Å². The van der Waals surface area contributed by atoms with E-state index in [1.54, 1.807) is 18.3 Å². The number of nitrogens with zero attached hydrogens (tertiary/aromatic N) is 3. The lowest BCUT2D eigenvalue weighted by Crippen LogP contribution is -2.16. The van der Waals surface area contributed by atoms with E-state index < -0.39 is 11.9 Å². The second-order valence-corrected chi connectivity index (χ2v) is 8.83. The molecule has 158 valence electrons. The average Bonchev–Trinajstić information content (AvgIpc) is 3.45. The smallest absolute Gasteiger partial charge is 0.348 e. The van der Waals surface area contributed by atoms with Crippen molar-refractivity contribution >= 4 is 57.3 Å². The maximum atomic E-state index is 12.5. The number of thiophene rings is 2. The predicted molar refractivity (Wildman–Crippen MR) is 115 cm³/mol. The van der Waals surface area contributed by atoms with Crippen LogP contribution in [0.4, 0.5) is 5.00 Å². The second-order valence-electron chi connectivity index (χ2n) is 5.92. The van der Waals surface area contributed by atoms with Crippen molar-refractivity contribution < 1.29 is 23.9 Å². The summed E-state index contributed by atoms with van der Waals surface area (Å²) in [4.78, 5) is 37.8. The van der Waals surface area contributed by atoms with Crippen LogP contribution >= 0.6 is 34.4 Å². The topological polar surface area (TPSA) is 112 Å². The van der Waals surface area contributed by atoms with Gasteiger partial charge in [0.1, 0.15) is 9.88 Å². The largest absolute Gasteiger partial charge is 0.465 e. The van der Waals surface area contributed by atoms with E-state index in [1.807, 2.05) is 29.1 Å². The van der Waals surface area contributed by atoms with Gasteiger partial charge < -0.3 is 19.4 Å². The number of carbonyl (C=O) groups is 3. The highest BCUT2D eigenvalue weighted by atomic mass is 32.2. The Balaban J connectivity index is 1.74. The highest BCUT2D eigenvalue weighted by Gasteiger charge is 2.27. The Kier molecular flexibility index (Phi) is 6.90. The number of ether oxygens (including phenoxy) is 2. The van der Waals surface area contributed by atoms with Crippen LogP contribution in [0.2, 0.25) is 0 Å². The van der Waals surface area contributed by atoms with Gasteiger partial charge in [-0.15, -0.1) is 32.9 Å². The van der Waals surface area contributed by atoms with Gasteiger partial charge in [-0.2, -0.15) is 0 Å². The molecule has 0 aliphatic rings. The molecule has 3 heterocycles. The number of methoxy groups -OCH3 is 2. The van der Waals surface area contributed by atoms with Crippen LogP contribution in [0.3, 0.4) is 0 Å². The Bertz CT molecular complexity index is 1090. The molecule has 0 saturated heterocycles. The monoisotopic (exact) mass is 466 g/mol. The number of aromatic nitrogens is 3. The van der Waals surface area contributed by atoms with Gasteiger partial charge in [0.2, 0.25) is 5.91 Å². The predicted octanol–water partition coefficient (Wildman–Crippen LogP) is 3.22. The van der Waals surface area contributed by atoms with Crippen molar-refractivity contribution in [3.05, 3.63) is 33.5 Å². The zero-order chi connectivity index (χ0) is 21.8. The molecule has 12 heteroatoms. The Morgan fingerprint density at radius 2 is 1.93 bits per heavy atom. The molecule has 0 atom stereocenters. The minimum Gasteiger partial charge on any atom is -0.465 e. The minimum absolute atomic E-state index is 0.0432. The molecule has 0 bridgehead atoms. The summed E-state index contributed by atoms with van der Waals surface area (Å²) in [5, 5.41) is 13.8. The molecule has 0 aliphatic carbocycles. The zero-order valence-electron chi connectivity index (χ0n) is 16.5. The van der Waals surface area contributed by atoms with E-state index in [-0.39, 0.29) is 27.1 Å². The number of esters is 2. The van der Waals surface area contributed by atoms with Crippen molar-refractivity contribution in [1.82, 2.24) is 14.8 Å². The van der Waals surface area contributed by atoms with Crippen LogP contribution in [-0.4, -0.2) is 52.6 Å². The maximum Gasteiger partial charge on any atom is 0.348 e. The Morgan fingerprint density at radius 1 is 1.20 bits per heavy atom. The first-order valence-electron chi connectivity index (χ1n) is 8.53. The van der Waals surface area contributed by atoms with Crippen LogP contribution in [0, 0.1) is 6.92 Å². The fraction of sp³-hybridized carbons (Fsp3) is 0.278. The molecule has 0 aromatic carbocycles. The summed E-state index contributed by atoms with van der Waals surface area (Å²) in [5.41, 5.74) is 0.537. The van der Waals surface area contributed by atoms with E-state index in [2.05, 4.69) is 15.5 Å². The summed E-state index contributed by atoms with van der Waals surface area (Å²) >= 11 is 3.73. The van der Waals surface area contributed by atoms with Gasteiger partial charge in [0, 0.05) is 7.05 Å². The number of anilines is 1. The standard InChI is InChI=1S/C18H18N4O5S3/c1-9-12(16(24)26-3)15(30-13(9)17(25)27-4)19-11(23)8-29-18-21-20-14(22(18)2)10-6-5-7-28-10/h5-7H,8H2,1-4H3,(H,19,23). The first-order valence-corrected chi connectivity index (χ1v) is 11.2. The van der Waals surface area contributed by atoms with Crippen molar-refractivity contribution in [3.63, 3.8) is 0 Å². The van der Waals surface area contributed by atoms with Crippen molar-refractivity contribution in [1.29, 1.82) is 0 Å². The normalized spacial score (nSPS) is 10.7. The SMILES string of the molecule is COC(=O)c1sc(NC(=O)CSc2nnc(-c3cccs3)n2C)c(C(=O)OC)c1C. The van der Waals surface area contributed by atoms with E-state index in [1.165, 1.54) is 26.0 Å². The lowest BCUT2D eigenvalue weighted by Gasteiger charge is -2.06. The molecule has 1 amide bonds. The van der Waals surface area contributed by atoms with Crippen molar-refractivity contribution in [2.75, 3.05) is 25.3 Å². The van der Waals surface area contributed by atoms with Crippen molar-refractivity contribution in [2.24, 2.45) is 7.05 Å². The Hall–Kier alpha value is -2.70. The summed E-state index contributed by atoms with van der Waals surface area (Å²) in [6.45, 7) is 1.60. The van der Waals surface area contributed by atoms with Gasteiger partial charge in [-0.1, -0.05) is 17.8 Å². The van der Waals surface area contributed by atoms with Gasteiger partial charge in [-0.25, -0.2) is 9.59 Å². The molecule has 1 N–H and O–H groups in total. The van der Waals surface area contributed by atoms with Crippen molar-refractivity contribution in [3.8, 4) is 10.7 Å². The molecule has 0 spiro atoms. The summed E-state index contributed by atoms with van der Waals surface area (Å²) in [5.74, 6) is -0.823.